The monoisotopic (exact) mass is 361 g/mol. The summed E-state index contributed by atoms with van der Waals surface area (Å²) in [5.41, 5.74) is 0.746. The zero-order chi connectivity index (χ0) is 18.7. The number of nitrogens with one attached hydrogen (secondary N) is 1. The SMILES string of the molecule is COc1ccc(N2C[C@H](NC(=O)N3CCCC[C@H]3C)CC2=O)cc1OC. The Morgan fingerprint density at radius 1 is 1.19 bits per heavy atom. The van der Waals surface area contributed by atoms with E-state index in [1.165, 1.54) is 6.42 Å². The van der Waals surface area contributed by atoms with E-state index in [0.717, 1.165) is 25.1 Å². The Bertz CT molecular complexity index is 679. The van der Waals surface area contributed by atoms with Gasteiger partial charge in [0.15, 0.2) is 11.5 Å². The van der Waals surface area contributed by atoms with E-state index in [2.05, 4.69) is 12.2 Å². The molecule has 0 spiro atoms. The fourth-order valence-corrected chi connectivity index (χ4v) is 3.70. The third-order valence-corrected chi connectivity index (χ3v) is 5.20. The number of benzene rings is 1. The van der Waals surface area contributed by atoms with Gasteiger partial charge in [0.1, 0.15) is 0 Å². The molecular formula is C19H27N3O4. The predicted molar refractivity (Wildman–Crippen MR) is 98.9 cm³/mol. The molecule has 3 amide bonds. The summed E-state index contributed by atoms with van der Waals surface area (Å²) in [5.74, 6) is 1.19. The van der Waals surface area contributed by atoms with Gasteiger partial charge in [0.2, 0.25) is 5.91 Å². The largest absolute Gasteiger partial charge is 0.493 e. The molecule has 2 saturated heterocycles. The summed E-state index contributed by atoms with van der Waals surface area (Å²) in [6.45, 7) is 3.32. The Kier molecular flexibility index (Phi) is 5.54. The van der Waals surface area contributed by atoms with Crippen LogP contribution >= 0.6 is 0 Å². The highest BCUT2D eigenvalue weighted by molar-refractivity contribution is 5.97. The number of amides is 3. The molecule has 0 radical (unpaired) electrons. The van der Waals surface area contributed by atoms with Crippen LogP contribution in [0, 0.1) is 0 Å². The molecule has 1 N–H and O–H groups in total. The molecule has 0 unspecified atom stereocenters. The Balaban J connectivity index is 1.66. The van der Waals surface area contributed by atoms with Gasteiger partial charge in [-0.25, -0.2) is 4.79 Å². The molecule has 0 saturated carbocycles. The first-order valence-electron chi connectivity index (χ1n) is 9.13. The Labute approximate surface area is 154 Å². The van der Waals surface area contributed by atoms with Crippen molar-refractivity contribution in [2.24, 2.45) is 0 Å². The molecular weight excluding hydrogens is 334 g/mol. The second-order valence-corrected chi connectivity index (χ2v) is 6.93. The lowest BCUT2D eigenvalue weighted by Gasteiger charge is -2.34. The van der Waals surface area contributed by atoms with Crippen LogP contribution in [0.3, 0.4) is 0 Å². The van der Waals surface area contributed by atoms with E-state index in [4.69, 9.17) is 9.47 Å². The van der Waals surface area contributed by atoms with Crippen molar-refractivity contribution in [3.05, 3.63) is 18.2 Å². The zero-order valence-corrected chi connectivity index (χ0v) is 15.7. The lowest BCUT2D eigenvalue weighted by Crippen LogP contribution is -2.50. The van der Waals surface area contributed by atoms with Crippen molar-refractivity contribution >= 4 is 17.6 Å². The van der Waals surface area contributed by atoms with Crippen LogP contribution in [0.2, 0.25) is 0 Å². The van der Waals surface area contributed by atoms with E-state index >= 15 is 0 Å². The van der Waals surface area contributed by atoms with Gasteiger partial charge in [0.05, 0.1) is 20.3 Å². The maximum Gasteiger partial charge on any atom is 0.317 e. The fourth-order valence-electron chi connectivity index (χ4n) is 3.70. The lowest BCUT2D eigenvalue weighted by atomic mass is 10.0. The van der Waals surface area contributed by atoms with Crippen molar-refractivity contribution in [2.45, 2.75) is 44.7 Å². The van der Waals surface area contributed by atoms with Gasteiger partial charge < -0.3 is 24.6 Å². The van der Waals surface area contributed by atoms with E-state index in [0.29, 0.717) is 24.5 Å². The summed E-state index contributed by atoms with van der Waals surface area (Å²) < 4.78 is 10.6. The quantitative estimate of drug-likeness (QED) is 0.894. The Hall–Kier alpha value is -2.44. The number of likely N-dealkylation sites (tertiary alicyclic amines) is 1. The predicted octanol–water partition coefficient (Wildman–Crippen LogP) is 2.39. The Morgan fingerprint density at radius 3 is 2.65 bits per heavy atom. The molecule has 0 aliphatic carbocycles. The Morgan fingerprint density at radius 2 is 1.96 bits per heavy atom. The van der Waals surface area contributed by atoms with Crippen LogP contribution < -0.4 is 19.7 Å². The highest BCUT2D eigenvalue weighted by Gasteiger charge is 2.34. The summed E-state index contributed by atoms with van der Waals surface area (Å²) in [7, 11) is 3.14. The van der Waals surface area contributed by atoms with Gasteiger partial charge in [-0.1, -0.05) is 0 Å². The van der Waals surface area contributed by atoms with E-state index in [1.807, 2.05) is 11.0 Å². The van der Waals surface area contributed by atoms with Gasteiger partial charge in [-0.15, -0.1) is 0 Å². The first-order valence-corrected chi connectivity index (χ1v) is 9.13. The highest BCUT2D eigenvalue weighted by Crippen LogP contribution is 2.33. The molecule has 7 heteroatoms. The topological polar surface area (TPSA) is 71.1 Å². The molecule has 1 aromatic rings. The summed E-state index contributed by atoms with van der Waals surface area (Å²) in [5, 5.41) is 3.03. The first kappa shape index (κ1) is 18.4. The number of hydrogen-bond donors (Lipinski definition) is 1. The van der Waals surface area contributed by atoms with Gasteiger partial charge in [-0.2, -0.15) is 0 Å². The van der Waals surface area contributed by atoms with Crippen molar-refractivity contribution in [3.8, 4) is 11.5 Å². The number of hydrogen-bond acceptors (Lipinski definition) is 4. The molecule has 3 rings (SSSR count). The summed E-state index contributed by atoms with van der Waals surface area (Å²) in [6.07, 6.45) is 3.55. The van der Waals surface area contributed by atoms with Gasteiger partial charge in [-0.3, -0.25) is 4.79 Å². The molecule has 2 fully saturated rings. The van der Waals surface area contributed by atoms with Crippen LogP contribution in [0.25, 0.3) is 0 Å². The van der Waals surface area contributed by atoms with Crippen LogP contribution in [0.5, 0.6) is 11.5 Å². The summed E-state index contributed by atoms with van der Waals surface area (Å²) in [4.78, 5) is 28.6. The number of carbonyl (C=O) groups excluding carboxylic acids is 2. The third kappa shape index (κ3) is 3.71. The summed E-state index contributed by atoms with van der Waals surface area (Å²) >= 11 is 0. The third-order valence-electron chi connectivity index (χ3n) is 5.20. The normalized spacial score (nSPS) is 23.1. The smallest absolute Gasteiger partial charge is 0.317 e. The number of anilines is 1. The van der Waals surface area contributed by atoms with Gasteiger partial charge in [0, 0.05) is 37.3 Å². The van der Waals surface area contributed by atoms with Crippen molar-refractivity contribution in [3.63, 3.8) is 0 Å². The fraction of sp³-hybridized carbons (Fsp3) is 0.579. The second-order valence-electron chi connectivity index (χ2n) is 6.93. The number of urea groups is 1. The maximum absolute atomic E-state index is 12.5. The molecule has 1 aromatic carbocycles. The molecule has 2 heterocycles. The van der Waals surface area contributed by atoms with Gasteiger partial charge in [-0.05, 0) is 38.3 Å². The van der Waals surface area contributed by atoms with Crippen molar-refractivity contribution in [1.82, 2.24) is 10.2 Å². The zero-order valence-electron chi connectivity index (χ0n) is 15.7. The van der Waals surface area contributed by atoms with Crippen molar-refractivity contribution in [2.75, 3.05) is 32.2 Å². The van der Waals surface area contributed by atoms with E-state index in [-0.39, 0.29) is 24.0 Å². The molecule has 0 aromatic heterocycles. The number of methoxy groups -OCH3 is 2. The standard InChI is InChI=1S/C19H27N3O4/c1-13-6-4-5-9-21(13)19(24)20-14-10-18(23)22(12-14)15-7-8-16(25-2)17(11-15)26-3/h7-8,11,13-14H,4-6,9-10,12H2,1-3H3,(H,20,24)/t13-,14-/m1/s1. The second kappa shape index (κ2) is 7.85. The molecule has 2 aliphatic rings. The first-order chi connectivity index (χ1) is 12.5. The number of nitrogens with zero attached hydrogens (tertiary/aromatic N) is 2. The molecule has 0 bridgehead atoms. The number of piperidine rings is 1. The average molecular weight is 361 g/mol. The van der Waals surface area contributed by atoms with Crippen LogP contribution in [0.4, 0.5) is 10.5 Å². The van der Waals surface area contributed by atoms with Gasteiger partial charge >= 0.3 is 6.03 Å². The summed E-state index contributed by atoms with van der Waals surface area (Å²) in [6, 6.07) is 5.40. The minimum absolute atomic E-state index is 0.00536. The van der Waals surface area contributed by atoms with Crippen molar-refractivity contribution in [1.29, 1.82) is 0 Å². The van der Waals surface area contributed by atoms with Gasteiger partial charge in [0.25, 0.3) is 0 Å². The maximum atomic E-state index is 12.5. The van der Waals surface area contributed by atoms with E-state index < -0.39 is 0 Å². The highest BCUT2D eigenvalue weighted by atomic mass is 16.5. The molecule has 2 aliphatic heterocycles. The molecule has 2 atom stereocenters. The molecule has 26 heavy (non-hydrogen) atoms. The molecule has 7 nitrogen and oxygen atoms in total. The minimum Gasteiger partial charge on any atom is -0.493 e. The average Bonchev–Trinajstić information content (AvgIpc) is 3.01. The number of carbonyl (C=O) groups is 2. The number of ether oxygens (including phenoxy) is 2. The number of rotatable bonds is 4. The van der Waals surface area contributed by atoms with Crippen LogP contribution in [-0.4, -0.2) is 56.2 Å². The van der Waals surface area contributed by atoms with Crippen LogP contribution in [0.15, 0.2) is 18.2 Å². The minimum atomic E-state index is -0.183. The van der Waals surface area contributed by atoms with Crippen LogP contribution in [0.1, 0.15) is 32.6 Å². The van der Waals surface area contributed by atoms with E-state index in [9.17, 15) is 9.59 Å². The van der Waals surface area contributed by atoms with Crippen molar-refractivity contribution < 1.29 is 19.1 Å². The van der Waals surface area contributed by atoms with E-state index in [1.54, 1.807) is 31.3 Å². The van der Waals surface area contributed by atoms with Crippen LogP contribution in [-0.2, 0) is 4.79 Å². The lowest BCUT2D eigenvalue weighted by molar-refractivity contribution is -0.117. The molecule has 142 valence electrons.